The van der Waals surface area contributed by atoms with Crippen molar-refractivity contribution < 1.29 is 19.8 Å². The van der Waals surface area contributed by atoms with Crippen LogP contribution in [0.2, 0.25) is 0 Å². The van der Waals surface area contributed by atoms with E-state index in [4.69, 9.17) is 0 Å². The number of unbranched alkanes of at least 4 members (excludes halogenated alkanes) is 8. The summed E-state index contributed by atoms with van der Waals surface area (Å²) in [6, 6.07) is 0. The zero-order valence-corrected chi connectivity index (χ0v) is 16.6. The maximum Gasteiger partial charge on any atom is 0.227 e. The van der Waals surface area contributed by atoms with Gasteiger partial charge in [-0.2, -0.15) is 0 Å². The van der Waals surface area contributed by atoms with Gasteiger partial charge in [-0.3, -0.25) is 9.59 Å². The lowest BCUT2D eigenvalue weighted by molar-refractivity contribution is -0.119. The van der Waals surface area contributed by atoms with Crippen molar-refractivity contribution >= 4 is 11.6 Å². The first-order valence-electron chi connectivity index (χ1n) is 10.3. The van der Waals surface area contributed by atoms with E-state index in [9.17, 15) is 19.8 Å². The summed E-state index contributed by atoms with van der Waals surface area (Å²) in [5.74, 6) is -2.40. The fraction of sp³-hybridized carbons (Fsp3) is 0.565. The lowest BCUT2D eigenvalue weighted by Crippen LogP contribution is -2.19. The van der Waals surface area contributed by atoms with Gasteiger partial charge in [0.1, 0.15) is 0 Å². The van der Waals surface area contributed by atoms with Crippen molar-refractivity contribution in [1.29, 1.82) is 0 Å². The van der Waals surface area contributed by atoms with Crippen LogP contribution in [0.15, 0.2) is 47.5 Å². The summed E-state index contributed by atoms with van der Waals surface area (Å²) >= 11 is 0. The molecule has 0 saturated heterocycles. The van der Waals surface area contributed by atoms with Crippen molar-refractivity contribution in [2.24, 2.45) is 0 Å². The average Bonchev–Trinajstić information content (AvgIpc) is 2.65. The molecule has 1 rings (SSSR count). The largest absolute Gasteiger partial charge is 0.504 e. The number of aliphatic hydroxyl groups excluding tert-OH is 2. The molecule has 0 amide bonds. The summed E-state index contributed by atoms with van der Waals surface area (Å²) in [7, 11) is 0. The molecule has 0 saturated carbocycles. The average molecular weight is 375 g/mol. The zero-order chi connectivity index (χ0) is 19.9. The second kappa shape index (κ2) is 14.0. The van der Waals surface area contributed by atoms with Crippen LogP contribution in [0.5, 0.6) is 0 Å². The highest BCUT2D eigenvalue weighted by Gasteiger charge is 2.27. The SMILES string of the molecule is CCCCC/C=C\C/C=C\CCCCCCCC1=C(O)C(=O)C=C(O)C1=O. The van der Waals surface area contributed by atoms with Crippen molar-refractivity contribution in [2.75, 3.05) is 0 Å². The molecular weight excluding hydrogens is 340 g/mol. The van der Waals surface area contributed by atoms with E-state index in [1.807, 2.05) is 0 Å². The monoisotopic (exact) mass is 374 g/mol. The molecule has 0 aliphatic heterocycles. The second-order valence-electron chi connectivity index (χ2n) is 7.03. The molecule has 27 heavy (non-hydrogen) atoms. The maximum atomic E-state index is 11.8. The van der Waals surface area contributed by atoms with E-state index in [1.165, 1.54) is 25.7 Å². The van der Waals surface area contributed by atoms with Crippen LogP contribution in [0.3, 0.4) is 0 Å². The topological polar surface area (TPSA) is 74.6 Å². The minimum Gasteiger partial charge on any atom is -0.504 e. The molecule has 0 bridgehead atoms. The molecule has 1 aliphatic carbocycles. The first-order chi connectivity index (χ1) is 13.1. The number of rotatable bonds is 14. The van der Waals surface area contributed by atoms with Crippen LogP contribution >= 0.6 is 0 Å². The molecule has 0 aromatic heterocycles. The summed E-state index contributed by atoms with van der Waals surface area (Å²) in [5, 5.41) is 19.1. The minimum atomic E-state index is -0.690. The molecule has 1 aliphatic rings. The van der Waals surface area contributed by atoms with Crippen LogP contribution in [0.4, 0.5) is 0 Å². The highest BCUT2D eigenvalue weighted by atomic mass is 16.3. The molecule has 0 fully saturated rings. The third-order valence-corrected chi connectivity index (χ3v) is 4.67. The Morgan fingerprint density at radius 1 is 0.815 bits per heavy atom. The Balaban J connectivity index is 2.03. The molecule has 0 aromatic rings. The molecule has 0 heterocycles. The van der Waals surface area contributed by atoms with E-state index in [2.05, 4.69) is 31.2 Å². The number of aliphatic hydroxyl groups is 2. The predicted octanol–water partition coefficient (Wildman–Crippen LogP) is 6.21. The molecular formula is C23H34O4. The van der Waals surface area contributed by atoms with Gasteiger partial charge in [0.15, 0.2) is 11.5 Å². The fourth-order valence-corrected chi connectivity index (χ4v) is 3.01. The number of Topliss-reactive ketones (excluding diaryl/α,β-unsaturated/α-hetero) is 1. The Bertz CT molecular complexity index is 593. The smallest absolute Gasteiger partial charge is 0.227 e. The van der Waals surface area contributed by atoms with Crippen LogP contribution in [-0.4, -0.2) is 21.8 Å². The number of ketones is 2. The highest BCUT2D eigenvalue weighted by Crippen LogP contribution is 2.22. The lowest BCUT2D eigenvalue weighted by Gasteiger charge is -2.12. The van der Waals surface area contributed by atoms with Crippen molar-refractivity contribution in [1.82, 2.24) is 0 Å². The van der Waals surface area contributed by atoms with E-state index in [-0.39, 0.29) is 5.57 Å². The molecule has 0 atom stereocenters. The molecule has 150 valence electrons. The third kappa shape index (κ3) is 9.41. The normalized spacial score (nSPS) is 15.4. The van der Waals surface area contributed by atoms with Crippen LogP contribution < -0.4 is 0 Å². The molecule has 4 heteroatoms. The Hall–Kier alpha value is -2.10. The van der Waals surface area contributed by atoms with E-state index in [0.717, 1.165) is 51.0 Å². The highest BCUT2D eigenvalue weighted by molar-refractivity contribution is 6.20. The third-order valence-electron chi connectivity index (χ3n) is 4.67. The van der Waals surface area contributed by atoms with Crippen LogP contribution in [0.25, 0.3) is 0 Å². The zero-order valence-electron chi connectivity index (χ0n) is 16.6. The summed E-state index contributed by atoms with van der Waals surface area (Å²) in [5.41, 5.74) is 0.0469. The van der Waals surface area contributed by atoms with Crippen LogP contribution in [0, 0.1) is 0 Å². The van der Waals surface area contributed by atoms with Crippen molar-refractivity contribution in [3.63, 3.8) is 0 Å². The minimum absolute atomic E-state index is 0.0469. The molecule has 0 radical (unpaired) electrons. The predicted molar refractivity (Wildman–Crippen MR) is 110 cm³/mol. The number of allylic oxidation sites excluding steroid dienone is 6. The van der Waals surface area contributed by atoms with Gasteiger partial charge in [0.25, 0.3) is 0 Å². The van der Waals surface area contributed by atoms with E-state index < -0.39 is 23.1 Å². The quantitative estimate of drug-likeness (QED) is 0.215. The van der Waals surface area contributed by atoms with Crippen LogP contribution in [0.1, 0.15) is 84.0 Å². The number of carbonyl (C=O) groups excluding carboxylic acids is 2. The number of carbonyl (C=O) groups is 2. The van der Waals surface area contributed by atoms with Gasteiger partial charge in [-0.05, 0) is 44.9 Å². The molecule has 0 unspecified atom stereocenters. The maximum absolute atomic E-state index is 11.8. The van der Waals surface area contributed by atoms with E-state index in [1.54, 1.807) is 0 Å². The van der Waals surface area contributed by atoms with E-state index >= 15 is 0 Å². The van der Waals surface area contributed by atoms with Crippen molar-refractivity contribution in [3.05, 3.63) is 47.5 Å². The van der Waals surface area contributed by atoms with E-state index in [0.29, 0.717) is 6.42 Å². The van der Waals surface area contributed by atoms with Gasteiger partial charge >= 0.3 is 0 Å². The van der Waals surface area contributed by atoms with Crippen LogP contribution in [-0.2, 0) is 9.59 Å². The van der Waals surface area contributed by atoms with Gasteiger partial charge in [-0.25, -0.2) is 0 Å². The van der Waals surface area contributed by atoms with Gasteiger partial charge in [-0.1, -0.05) is 63.3 Å². The Labute approximate surface area is 163 Å². The summed E-state index contributed by atoms with van der Waals surface area (Å²) in [6.45, 7) is 2.22. The fourth-order valence-electron chi connectivity index (χ4n) is 3.01. The standard InChI is InChI=1S/C23H34O4/c1-2-3-4-5-6-7-8-9-10-11-12-13-14-15-16-17-19-22(26)20(24)18-21(25)23(19)27/h6-7,9-10,18,24,27H,2-5,8,11-17H2,1H3/b7-6-,10-9-. The summed E-state index contributed by atoms with van der Waals surface area (Å²) in [4.78, 5) is 23.2. The Morgan fingerprint density at radius 2 is 1.41 bits per heavy atom. The number of hydrogen-bond acceptors (Lipinski definition) is 4. The molecule has 2 N–H and O–H groups in total. The van der Waals surface area contributed by atoms with Crippen molar-refractivity contribution in [2.45, 2.75) is 84.0 Å². The molecule has 0 spiro atoms. The second-order valence-corrected chi connectivity index (χ2v) is 7.03. The Morgan fingerprint density at radius 3 is 2.07 bits per heavy atom. The molecule has 4 nitrogen and oxygen atoms in total. The Kier molecular flexibility index (Phi) is 11.9. The van der Waals surface area contributed by atoms with Gasteiger partial charge in [0.2, 0.25) is 11.6 Å². The first kappa shape index (κ1) is 22.9. The van der Waals surface area contributed by atoms with Gasteiger partial charge in [-0.15, -0.1) is 0 Å². The summed E-state index contributed by atoms with van der Waals surface area (Å²) in [6.07, 6.45) is 22.2. The lowest BCUT2D eigenvalue weighted by atomic mass is 9.95. The molecule has 0 aromatic carbocycles. The first-order valence-corrected chi connectivity index (χ1v) is 10.3. The number of hydrogen-bond donors (Lipinski definition) is 2. The summed E-state index contributed by atoms with van der Waals surface area (Å²) < 4.78 is 0. The van der Waals surface area contributed by atoms with Gasteiger partial charge < -0.3 is 10.2 Å². The van der Waals surface area contributed by atoms with Gasteiger partial charge in [0, 0.05) is 11.6 Å². The van der Waals surface area contributed by atoms with Crippen molar-refractivity contribution in [3.8, 4) is 0 Å². The van der Waals surface area contributed by atoms with Gasteiger partial charge in [0.05, 0.1) is 0 Å².